The lowest BCUT2D eigenvalue weighted by atomic mass is 9.89. The Kier molecular flexibility index (Phi) is 6.28. The van der Waals surface area contributed by atoms with Crippen LogP contribution in [0.3, 0.4) is 0 Å². The molecule has 0 saturated carbocycles. The van der Waals surface area contributed by atoms with E-state index in [4.69, 9.17) is 23.4 Å². The summed E-state index contributed by atoms with van der Waals surface area (Å²) in [5.74, 6) is 0.553. The summed E-state index contributed by atoms with van der Waals surface area (Å²) in [5.41, 5.74) is -0.244. The number of epoxide rings is 1. The van der Waals surface area contributed by atoms with Crippen LogP contribution in [0.1, 0.15) is 58.4 Å². The zero-order valence-corrected chi connectivity index (χ0v) is 20.8. The topological polar surface area (TPSA) is 90.7 Å². The fourth-order valence-electron chi connectivity index (χ4n) is 5.24. The van der Waals surface area contributed by atoms with E-state index in [1.807, 2.05) is 33.8 Å². The Morgan fingerprint density at radius 3 is 2.25 bits per heavy atom. The Morgan fingerprint density at radius 2 is 1.78 bits per heavy atom. The van der Waals surface area contributed by atoms with Gasteiger partial charge in [-0.05, 0) is 78.7 Å². The molecule has 0 bridgehead atoms. The first-order valence-corrected chi connectivity index (χ1v) is 10.9. The SMILES string of the molecule is COc1c(C)c([C@@](C)(O)/C=C(\C)C(OC)/C(C)=C/[C@]2(C)OC(C)[C@@]3(C)O[C@@H]23)oc(=O)c1C. The second-order valence-corrected chi connectivity index (χ2v) is 9.67. The van der Waals surface area contributed by atoms with Crippen LogP contribution in [0, 0.1) is 13.8 Å². The fourth-order valence-corrected chi connectivity index (χ4v) is 5.24. The molecule has 6 atom stereocenters. The lowest BCUT2D eigenvalue weighted by Gasteiger charge is -2.28. The van der Waals surface area contributed by atoms with E-state index in [0.29, 0.717) is 16.9 Å². The van der Waals surface area contributed by atoms with Gasteiger partial charge in [-0.3, -0.25) is 0 Å². The summed E-state index contributed by atoms with van der Waals surface area (Å²) in [7, 11) is 3.11. The molecular formula is C25H36O7. The van der Waals surface area contributed by atoms with E-state index in [1.165, 1.54) is 7.11 Å². The van der Waals surface area contributed by atoms with Crippen molar-refractivity contribution in [1.82, 2.24) is 0 Å². The van der Waals surface area contributed by atoms with Crippen LogP contribution in [0.15, 0.2) is 32.5 Å². The van der Waals surface area contributed by atoms with Crippen molar-refractivity contribution in [1.29, 1.82) is 0 Å². The van der Waals surface area contributed by atoms with Gasteiger partial charge in [-0.15, -0.1) is 0 Å². The van der Waals surface area contributed by atoms with Gasteiger partial charge in [-0.2, -0.15) is 0 Å². The first-order chi connectivity index (χ1) is 14.7. The van der Waals surface area contributed by atoms with E-state index in [2.05, 4.69) is 6.92 Å². The number of fused-ring (bicyclic) bond motifs is 1. The van der Waals surface area contributed by atoms with Crippen molar-refractivity contribution in [2.45, 2.75) is 90.5 Å². The molecule has 32 heavy (non-hydrogen) atoms. The highest BCUT2D eigenvalue weighted by atomic mass is 16.7. The minimum atomic E-state index is -1.55. The molecule has 0 aromatic carbocycles. The Balaban J connectivity index is 1.94. The Labute approximate surface area is 190 Å². The van der Waals surface area contributed by atoms with Crippen LogP contribution < -0.4 is 10.4 Å². The molecule has 2 aliphatic rings. The number of rotatable bonds is 7. The summed E-state index contributed by atoms with van der Waals surface area (Å²) in [4.78, 5) is 12.3. The molecule has 1 aromatic heterocycles. The third-order valence-electron chi connectivity index (χ3n) is 6.87. The Morgan fingerprint density at radius 1 is 1.16 bits per heavy atom. The molecule has 1 N–H and O–H groups in total. The highest BCUT2D eigenvalue weighted by molar-refractivity contribution is 5.43. The van der Waals surface area contributed by atoms with Crippen molar-refractivity contribution in [2.75, 3.05) is 14.2 Å². The number of ether oxygens (including phenoxy) is 4. The molecule has 1 aromatic rings. The maximum absolute atomic E-state index is 12.3. The van der Waals surface area contributed by atoms with Crippen molar-refractivity contribution in [2.24, 2.45) is 0 Å². The van der Waals surface area contributed by atoms with Gasteiger partial charge < -0.3 is 28.5 Å². The maximum Gasteiger partial charge on any atom is 0.342 e. The molecular weight excluding hydrogens is 412 g/mol. The zero-order valence-electron chi connectivity index (χ0n) is 20.8. The Bertz CT molecular complexity index is 1020. The van der Waals surface area contributed by atoms with E-state index in [-0.39, 0.29) is 23.6 Å². The van der Waals surface area contributed by atoms with E-state index in [9.17, 15) is 9.90 Å². The summed E-state index contributed by atoms with van der Waals surface area (Å²) in [6.07, 6.45) is 3.30. The third-order valence-corrected chi connectivity index (χ3v) is 6.87. The molecule has 2 saturated heterocycles. The van der Waals surface area contributed by atoms with Gasteiger partial charge in [0, 0.05) is 12.7 Å². The van der Waals surface area contributed by atoms with Crippen molar-refractivity contribution in [3.05, 3.63) is 50.6 Å². The minimum Gasteiger partial charge on any atom is -0.496 e. The van der Waals surface area contributed by atoms with E-state index < -0.39 is 22.9 Å². The molecule has 0 spiro atoms. The first-order valence-electron chi connectivity index (χ1n) is 10.9. The normalized spacial score (nSPS) is 33.0. The number of methoxy groups -OCH3 is 2. The highest BCUT2D eigenvalue weighted by Gasteiger charge is 2.71. The molecule has 3 heterocycles. The monoisotopic (exact) mass is 448 g/mol. The Hall–Kier alpha value is -1.93. The molecule has 2 aliphatic heterocycles. The van der Waals surface area contributed by atoms with Crippen LogP contribution in [0.4, 0.5) is 0 Å². The van der Waals surface area contributed by atoms with Gasteiger partial charge in [-0.25, -0.2) is 4.79 Å². The predicted octanol–water partition coefficient (Wildman–Crippen LogP) is 3.72. The van der Waals surface area contributed by atoms with Crippen LogP contribution >= 0.6 is 0 Å². The molecule has 7 nitrogen and oxygen atoms in total. The second kappa shape index (κ2) is 8.13. The van der Waals surface area contributed by atoms with Crippen LogP contribution in [0.5, 0.6) is 5.75 Å². The zero-order chi connectivity index (χ0) is 24.2. The van der Waals surface area contributed by atoms with Gasteiger partial charge in [0.2, 0.25) is 0 Å². The van der Waals surface area contributed by atoms with Gasteiger partial charge in [-0.1, -0.05) is 0 Å². The van der Waals surface area contributed by atoms with Gasteiger partial charge in [0.05, 0.1) is 24.9 Å². The number of aliphatic hydroxyl groups is 1. The molecule has 0 radical (unpaired) electrons. The molecule has 2 unspecified atom stereocenters. The largest absolute Gasteiger partial charge is 0.496 e. The quantitative estimate of drug-likeness (QED) is 0.502. The average Bonchev–Trinajstić information content (AvgIpc) is 3.35. The van der Waals surface area contributed by atoms with E-state index >= 15 is 0 Å². The van der Waals surface area contributed by atoms with Crippen LogP contribution in [0.2, 0.25) is 0 Å². The standard InChI is InChI=1S/C25H36O7/c1-13(11-23(6,27)20-15(3)19(29-10)16(4)21(26)30-20)18(28-9)14(2)12-24(7)22-25(8,32-22)17(5)31-24/h11-12,17-18,22,27H,1-10H3/b13-11+,14-12+/t17?,18?,22-,23-,24-,25+/m0/s1. The van der Waals surface area contributed by atoms with Gasteiger partial charge >= 0.3 is 5.63 Å². The van der Waals surface area contributed by atoms with Crippen LogP contribution in [-0.4, -0.2) is 48.8 Å². The van der Waals surface area contributed by atoms with Crippen LogP contribution in [-0.2, 0) is 19.8 Å². The molecule has 2 fully saturated rings. The van der Waals surface area contributed by atoms with E-state index in [1.54, 1.807) is 34.0 Å². The number of hydrogen-bond donors (Lipinski definition) is 1. The summed E-state index contributed by atoms with van der Waals surface area (Å²) in [6.45, 7) is 14.9. The van der Waals surface area contributed by atoms with E-state index in [0.717, 1.165) is 11.1 Å². The maximum atomic E-state index is 12.3. The molecule has 7 heteroatoms. The summed E-state index contributed by atoms with van der Waals surface area (Å²) in [5, 5.41) is 11.3. The van der Waals surface area contributed by atoms with Gasteiger partial charge in [0.15, 0.2) is 0 Å². The van der Waals surface area contributed by atoms with Gasteiger partial charge in [0.25, 0.3) is 0 Å². The van der Waals surface area contributed by atoms with Crippen LogP contribution in [0.25, 0.3) is 0 Å². The highest BCUT2D eigenvalue weighted by Crippen LogP contribution is 2.55. The summed E-state index contributed by atoms with van der Waals surface area (Å²) >= 11 is 0. The smallest absolute Gasteiger partial charge is 0.342 e. The summed E-state index contributed by atoms with van der Waals surface area (Å²) in [6, 6.07) is 0. The molecule has 0 aliphatic carbocycles. The summed E-state index contributed by atoms with van der Waals surface area (Å²) < 4.78 is 28.7. The fraction of sp³-hybridized carbons (Fsp3) is 0.640. The van der Waals surface area contributed by atoms with Crippen molar-refractivity contribution >= 4 is 0 Å². The van der Waals surface area contributed by atoms with Crippen molar-refractivity contribution < 1.29 is 28.5 Å². The third kappa shape index (κ3) is 3.96. The first kappa shape index (κ1) is 24.7. The minimum absolute atomic E-state index is 0.00166. The molecule has 178 valence electrons. The lowest BCUT2D eigenvalue weighted by molar-refractivity contribution is -0.0725. The molecule has 3 rings (SSSR count). The lowest BCUT2D eigenvalue weighted by Crippen LogP contribution is -2.32. The van der Waals surface area contributed by atoms with Crippen molar-refractivity contribution in [3.8, 4) is 5.75 Å². The average molecular weight is 449 g/mol. The van der Waals surface area contributed by atoms with Crippen molar-refractivity contribution in [3.63, 3.8) is 0 Å². The van der Waals surface area contributed by atoms with Gasteiger partial charge in [0.1, 0.15) is 34.4 Å². The second-order valence-electron chi connectivity index (χ2n) is 9.67. The number of hydrogen-bond acceptors (Lipinski definition) is 7. The predicted molar refractivity (Wildman–Crippen MR) is 121 cm³/mol. The molecule has 0 amide bonds.